The first-order valence-electron chi connectivity index (χ1n) is 8.91. The molecule has 0 unspecified atom stereocenters. The fourth-order valence-electron chi connectivity index (χ4n) is 3.12. The molecular weight excluding hydrogens is 400 g/mol. The van der Waals surface area contributed by atoms with Gasteiger partial charge in [-0.1, -0.05) is 23.7 Å². The lowest BCUT2D eigenvalue weighted by molar-refractivity contribution is 0.208. The molecule has 0 radical (unpaired) electrons. The Morgan fingerprint density at radius 3 is 2.43 bits per heavy atom. The second-order valence-corrected chi connectivity index (χ2v) is 8.86. The van der Waals surface area contributed by atoms with E-state index in [0.29, 0.717) is 42.5 Å². The summed E-state index contributed by atoms with van der Waals surface area (Å²) in [5.74, 6) is 0. The molecule has 2 amide bonds. The number of sulfonamides is 1. The molecule has 0 atom stereocenters. The lowest BCUT2D eigenvalue weighted by Gasteiger charge is -2.36. The molecule has 2 aromatic rings. The zero-order valence-corrected chi connectivity index (χ0v) is 17.3. The molecule has 1 saturated heterocycles. The molecule has 7 nitrogen and oxygen atoms in total. The van der Waals surface area contributed by atoms with Crippen LogP contribution in [0.1, 0.15) is 5.56 Å². The molecule has 9 heteroatoms. The molecule has 2 aromatic carbocycles. The van der Waals surface area contributed by atoms with Gasteiger partial charge in [0.05, 0.1) is 4.90 Å². The van der Waals surface area contributed by atoms with E-state index < -0.39 is 10.0 Å². The summed E-state index contributed by atoms with van der Waals surface area (Å²) in [7, 11) is -2.23. The number of nitrogens with zero attached hydrogens (tertiary/aromatic N) is 2. The normalized spacial score (nSPS) is 14.8. The summed E-state index contributed by atoms with van der Waals surface area (Å²) >= 11 is 6.05. The van der Waals surface area contributed by atoms with Crippen LogP contribution in [0.2, 0.25) is 5.02 Å². The molecular formula is C19H23ClN4O3S. The van der Waals surface area contributed by atoms with E-state index in [2.05, 4.69) is 14.9 Å². The van der Waals surface area contributed by atoms with Crippen LogP contribution in [0.25, 0.3) is 0 Å². The van der Waals surface area contributed by atoms with Crippen molar-refractivity contribution in [3.8, 4) is 0 Å². The second kappa shape index (κ2) is 8.38. The zero-order valence-electron chi connectivity index (χ0n) is 15.8. The summed E-state index contributed by atoms with van der Waals surface area (Å²) in [5.41, 5.74) is 2.09. The van der Waals surface area contributed by atoms with Gasteiger partial charge in [0.25, 0.3) is 0 Å². The van der Waals surface area contributed by atoms with Crippen LogP contribution >= 0.6 is 11.6 Å². The van der Waals surface area contributed by atoms with Crippen molar-refractivity contribution in [2.45, 2.75) is 11.8 Å². The Bertz CT molecular complexity index is 973. The standard InChI is InChI=1S/C19H23ClN4O3S/c1-14-6-7-16(13-18(14)28(26,27)21-2)22-19(25)24-10-8-23(9-11-24)17-5-3-4-15(20)12-17/h3-7,12-13,21H,8-11H2,1-2H3,(H,22,25). The van der Waals surface area contributed by atoms with Crippen molar-refractivity contribution in [2.24, 2.45) is 0 Å². The van der Waals surface area contributed by atoms with Crippen LogP contribution in [0.3, 0.4) is 0 Å². The average molecular weight is 423 g/mol. The largest absolute Gasteiger partial charge is 0.368 e. The van der Waals surface area contributed by atoms with Crippen LogP contribution in [0.15, 0.2) is 47.4 Å². The van der Waals surface area contributed by atoms with E-state index in [9.17, 15) is 13.2 Å². The second-order valence-electron chi connectivity index (χ2n) is 6.57. The Morgan fingerprint density at radius 2 is 1.79 bits per heavy atom. The molecule has 0 aliphatic carbocycles. The number of aryl methyl sites for hydroxylation is 1. The molecule has 3 rings (SSSR count). The summed E-state index contributed by atoms with van der Waals surface area (Å²) in [6.07, 6.45) is 0. The van der Waals surface area contributed by atoms with Gasteiger partial charge in [0.2, 0.25) is 10.0 Å². The van der Waals surface area contributed by atoms with Crippen molar-refractivity contribution in [2.75, 3.05) is 43.4 Å². The van der Waals surface area contributed by atoms with Gasteiger partial charge in [-0.15, -0.1) is 0 Å². The molecule has 2 N–H and O–H groups in total. The molecule has 1 aliphatic rings. The van der Waals surface area contributed by atoms with Gasteiger partial charge in [0, 0.05) is 42.6 Å². The van der Waals surface area contributed by atoms with Crippen molar-refractivity contribution >= 4 is 39.0 Å². The quantitative estimate of drug-likeness (QED) is 0.793. The van der Waals surface area contributed by atoms with E-state index >= 15 is 0 Å². The van der Waals surface area contributed by atoms with Crippen molar-refractivity contribution < 1.29 is 13.2 Å². The Labute approximate surface area is 170 Å². The Morgan fingerprint density at radius 1 is 1.07 bits per heavy atom. The topological polar surface area (TPSA) is 81.8 Å². The number of carbonyl (C=O) groups is 1. The maximum Gasteiger partial charge on any atom is 0.321 e. The minimum atomic E-state index is -3.59. The molecule has 0 saturated carbocycles. The molecule has 1 aliphatic heterocycles. The van der Waals surface area contributed by atoms with E-state index in [-0.39, 0.29) is 10.9 Å². The number of rotatable bonds is 4. The summed E-state index contributed by atoms with van der Waals surface area (Å²) in [6.45, 7) is 4.23. The number of benzene rings is 2. The number of halogens is 1. The molecule has 1 fully saturated rings. The number of piperazine rings is 1. The number of urea groups is 1. The Kier molecular flexibility index (Phi) is 6.12. The van der Waals surface area contributed by atoms with E-state index in [1.54, 1.807) is 24.0 Å². The van der Waals surface area contributed by atoms with Crippen molar-refractivity contribution in [3.63, 3.8) is 0 Å². The fourth-order valence-corrected chi connectivity index (χ4v) is 4.30. The van der Waals surface area contributed by atoms with Gasteiger partial charge >= 0.3 is 6.03 Å². The van der Waals surface area contributed by atoms with E-state index in [1.807, 2.05) is 24.3 Å². The minimum absolute atomic E-state index is 0.151. The summed E-state index contributed by atoms with van der Waals surface area (Å²) in [5, 5.41) is 3.48. The van der Waals surface area contributed by atoms with Crippen molar-refractivity contribution in [1.82, 2.24) is 9.62 Å². The highest BCUT2D eigenvalue weighted by molar-refractivity contribution is 7.89. The number of anilines is 2. The maximum absolute atomic E-state index is 12.6. The van der Waals surface area contributed by atoms with Gasteiger partial charge in [-0.05, 0) is 49.9 Å². The first kappa shape index (κ1) is 20.4. The number of carbonyl (C=O) groups excluding carboxylic acids is 1. The predicted octanol–water partition coefficient (Wildman–Crippen LogP) is 2.91. The van der Waals surface area contributed by atoms with Crippen molar-refractivity contribution in [1.29, 1.82) is 0 Å². The molecule has 1 heterocycles. The van der Waals surface area contributed by atoms with Crippen molar-refractivity contribution in [3.05, 3.63) is 53.1 Å². The van der Waals surface area contributed by atoms with E-state index in [4.69, 9.17) is 11.6 Å². The first-order valence-corrected chi connectivity index (χ1v) is 10.8. The van der Waals surface area contributed by atoms with E-state index in [0.717, 1.165) is 5.69 Å². The SMILES string of the molecule is CNS(=O)(=O)c1cc(NC(=O)N2CCN(c3cccc(Cl)c3)CC2)ccc1C. The minimum Gasteiger partial charge on any atom is -0.368 e. The van der Waals surface area contributed by atoms with Crippen LogP contribution in [0.4, 0.5) is 16.2 Å². The Balaban J connectivity index is 1.64. The molecule has 0 aromatic heterocycles. The lowest BCUT2D eigenvalue weighted by atomic mass is 10.2. The molecule has 0 spiro atoms. The van der Waals surface area contributed by atoms with Crippen LogP contribution in [0.5, 0.6) is 0 Å². The molecule has 0 bridgehead atoms. The smallest absolute Gasteiger partial charge is 0.321 e. The number of hydrogen-bond acceptors (Lipinski definition) is 4. The number of hydrogen-bond donors (Lipinski definition) is 2. The monoisotopic (exact) mass is 422 g/mol. The molecule has 28 heavy (non-hydrogen) atoms. The fraction of sp³-hybridized carbons (Fsp3) is 0.316. The Hall–Kier alpha value is -2.29. The van der Waals surface area contributed by atoms with Gasteiger partial charge in [0.1, 0.15) is 0 Å². The summed E-state index contributed by atoms with van der Waals surface area (Å²) in [6, 6.07) is 12.2. The third kappa shape index (κ3) is 4.57. The third-order valence-electron chi connectivity index (χ3n) is 4.74. The third-order valence-corrected chi connectivity index (χ3v) is 6.53. The number of nitrogens with one attached hydrogen (secondary N) is 2. The number of amides is 2. The van der Waals surface area contributed by atoms with Gasteiger partial charge in [-0.25, -0.2) is 17.9 Å². The lowest BCUT2D eigenvalue weighted by Crippen LogP contribution is -2.50. The van der Waals surface area contributed by atoms with Crippen LogP contribution < -0.4 is 14.9 Å². The highest BCUT2D eigenvalue weighted by Gasteiger charge is 2.22. The van der Waals surface area contributed by atoms with Crippen LogP contribution in [-0.2, 0) is 10.0 Å². The maximum atomic E-state index is 12.6. The van der Waals surface area contributed by atoms with Gasteiger partial charge in [-0.2, -0.15) is 0 Å². The van der Waals surface area contributed by atoms with Gasteiger partial charge < -0.3 is 15.1 Å². The van der Waals surface area contributed by atoms with E-state index in [1.165, 1.54) is 13.1 Å². The van der Waals surface area contributed by atoms with Crippen LogP contribution in [-0.4, -0.2) is 52.6 Å². The summed E-state index contributed by atoms with van der Waals surface area (Å²) < 4.78 is 26.5. The van der Waals surface area contributed by atoms with Gasteiger partial charge in [0.15, 0.2) is 0 Å². The molecule has 150 valence electrons. The average Bonchev–Trinajstić information content (AvgIpc) is 2.69. The van der Waals surface area contributed by atoms with Gasteiger partial charge in [-0.3, -0.25) is 0 Å². The first-order chi connectivity index (χ1) is 13.3. The predicted molar refractivity (Wildman–Crippen MR) is 112 cm³/mol. The van der Waals surface area contributed by atoms with Crippen LogP contribution in [0, 0.1) is 6.92 Å². The highest BCUT2D eigenvalue weighted by Crippen LogP contribution is 2.22. The zero-order chi connectivity index (χ0) is 20.3. The summed E-state index contributed by atoms with van der Waals surface area (Å²) in [4.78, 5) is 16.6. The highest BCUT2D eigenvalue weighted by atomic mass is 35.5.